The summed E-state index contributed by atoms with van der Waals surface area (Å²) in [6, 6.07) is 6.77. The van der Waals surface area contributed by atoms with Crippen molar-refractivity contribution in [3.05, 3.63) is 47.4 Å². The second-order valence-corrected chi connectivity index (χ2v) is 6.51. The van der Waals surface area contributed by atoms with Crippen LogP contribution in [0.3, 0.4) is 0 Å². The highest BCUT2D eigenvalue weighted by atomic mass is 19.1. The number of anilines is 2. The van der Waals surface area contributed by atoms with Crippen molar-refractivity contribution in [2.24, 2.45) is 0 Å². The quantitative estimate of drug-likeness (QED) is 0.454. The molecule has 1 aromatic heterocycles. The highest BCUT2D eigenvalue weighted by molar-refractivity contribution is 6.06. The number of carbonyl (C=O) groups excluding carboxylic acids is 2. The first-order valence-corrected chi connectivity index (χ1v) is 8.72. The molecule has 150 valence electrons. The van der Waals surface area contributed by atoms with Crippen molar-refractivity contribution in [1.29, 1.82) is 10.8 Å². The number of carbonyl (C=O) groups is 2. The van der Waals surface area contributed by atoms with Crippen LogP contribution in [0.4, 0.5) is 15.9 Å². The SMILES string of the molecule is CC(C)N(C=N)C(=N)c1cccc(NC(=O)c2cc3c(cc2F)OCC(=O)N3)n1. The van der Waals surface area contributed by atoms with Gasteiger partial charge in [-0.3, -0.25) is 20.4 Å². The number of ether oxygens (including phenoxy) is 1. The number of fused-ring (bicyclic) bond motifs is 1. The highest BCUT2D eigenvalue weighted by Crippen LogP contribution is 2.30. The van der Waals surface area contributed by atoms with Gasteiger partial charge in [-0.05, 0) is 32.0 Å². The molecular weight excluding hydrogens is 379 g/mol. The van der Waals surface area contributed by atoms with Gasteiger partial charge in [-0.1, -0.05) is 6.07 Å². The molecule has 0 saturated carbocycles. The Morgan fingerprint density at radius 3 is 2.86 bits per heavy atom. The van der Waals surface area contributed by atoms with Gasteiger partial charge in [0.1, 0.15) is 23.1 Å². The Kier molecular flexibility index (Phi) is 5.53. The molecule has 9 nitrogen and oxygen atoms in total. The van der Waals surface area contributed by atoms with Crippen molar-refractivity contribution < 1.29 is 18.7 Å². The van der Waals surface area contributed by atoms with Crippen LogP contribution in [0.2, 0.25) is 0 Å². The Bertz CT molecular complexity index is 1010. The van der Waals surface area contributed by atoms with Crippen LogP contribution in [-0.4, -0.2) is 46.5 Å². The van der Waals surface area contributed by atoms with Gasteiger partial charge >= 0.3 is 0 Å². The first-order chi connectivity index (χ1) is 13.8. The molecule has 0 atom stereocenters. The number of benzene rings is 1. The molecule has 2 aromatic rings. The van der Waals surface area contributed by atoms with E-state index in [0.29, 0.717) is 0 Å². The smallest absolute Gasteiger partial charge is 0.262 e. The fourth-order valence-electron chi connectivity index (χ4n) is 2.70. The molecule has 1 aromatic carbocycles. The van der Waals surface area contributed by atoms with Crippen LogP contribution in [0.25, 0.3) is 0 Å². The Morgan fingerprint density at radius 1 is 1.41 bits per heavy atom. The number of pyridine rings is 1. The molecule has 0 aliphatic carbocycles. The fourth-order valence-corrected chi connectivity index (χ4v) is 2.70. The summed E-state index contributed by atoms with van der Waals surface area (Å²) in [6.45, 7) is 3.43. The number of amides is 2. The maximum absolute atomic E-state index is 14.3. The van der Waals surface area contributed by atoms with E-state index in [0.717, 1.165) is 12.4 Å². The summed E-state index contributed by atoms with van der Waals surface area (Å²) < 4.78 is 19.5. The van der Waals surface area contributed by atoms with Crippen LogP contribution in [0, 0.1) is 16.6 Å². The van der Waals surface area contributed by atoms with E-state index in [9.17, 15) is 14.0 Å². The summed E-state index contributed by atoms with van der Waals surface area (Å²) in [5, 5.41) is 20.6. The van der Waals surface area contributed by atoms with Crippen molar-refractivity contribution in [3.63, 3.8) is 0 Å². The topological polar surface area (TPSA) is 131 Å². The minimum absolute atomic E-state index is 0.00841. The number of amidine groups is 1. The average Bonchev–Trinajstić information content (AvgIpc) is 2.68. The van der Waals surface area contributed by atoms with E-state index < -0.39 is 17.6 Å². The Morgan fingerprint density at radius 2 is 2.17 bits per heavy atom. The van der Waals surface area contributed by atoms with Crippen molar-refractivity contribution in [2.45, 2.75) is 19.9 Å². The van der Waals surface area contributed by atoms with Gasteiger partial charge in [-0.2, -0.15) is 0 Å². The lowest BCUT2D eigenvalue weighted by atomic mass is 10.1. The standard InChI is InChI=1S/C19H19FN6O3/c1-10(2)26(9-21)18(22)13-4-3-5-16(23-13)25-19(28)11-6-14-15(7-12(11)20)29-8-17(27)24-14/h3-7,9-10,21-22H,8H2,1-2H3,(H,24,27)(H,23,25,28). The third kappa shape index (κ3) is 4.21. The zero-order chi connectivity index (χ0) is 21.1. The van der Waals surface area contributed by atoms with Gasteiger partial charge in [-0.25, -0.2) is 9.37 Å². The van der Waals surface area contributed by atoms with E-state index >= 15 is 0 Å². The van der Waals surface area contributed by atoms with Gasteiger partial charge in [0.25, 0.3) is 11.8 Å². The van der Waals surface area contributed by atoms with Crippen LogP contribution in [0.1, 0.15) is 29.9 Å². The zero-order valence-electron chi connectivity index (χ0n) is 15.7. The molecule has 0 spiro atoms. The summed E-state index contributed by atoms with van der Waals surface area (Å²) in [7, 11) is 0. The molecule has 4 N–H and O–H groups in total. The highest BCUT2D eigenvalue weighted by Gasteiger charge is 2.22. The van der Waals surface area contributed by atoms with Crippen LogP contribution in [0.15, 0.2) is 30.3 Å². The zero-order valence-corrected chi connectivity index (χ0v) is 15.7. The Hall–Kier alpha value is -3.82. The third-order valence-corrected chi connectivity index (χ3v) is 4.13. The second-order valence-electron chi connectivity index (χ2n) is 6.51. The number of hydrogen-bond acceptors (Lipinski definition) is 6. The molecule has 2 amide bonds. The van der Waals surface area contributed by atoms with Crippen molar-refractivity contribution in [2.75, 3.05) is 17.2 Å². The molecule has 0 radical (unpaired) electrons. The molecule has 0 fully saturated rings. The van der Waals surface area contributed by atoms with Crippen molar-refractivity contribution in [1.82, 2.24) is 9.88 Å². The molecule has 29 heavy (non-hydrogen) atoms. The summed E-state index contributed by atoms with van der Waals surface area (Å²) in [6.07, 6.45) is 1.03. The van der Waals surface area contributed by atoms with E-state index in [-0.39, 0.29) is 47.0 Å². The van der Waals surface area contributed by atoms with Gasteiger partial charge in [-0.15, -0.1) is 0 Å². The minimum Gasteiger partial charge on any atom is -0.481 e. The molecule has 0 saturated heterocycles. The molecule has 0 bridgehead atoms. The molecule has 1 aliphatic rings. The van der Waals surface area contributed by atoms with Crippen LogP contribution < -0.4 is 15.4 Å². The number of hydrogen-bond donors (Lipinski definition) is 4. The molecule has 2 heterocycles. The van der Waals surface area contributed by atoms with Crippen LogP contribution >= 0.6 is 0 Å². The first kappa shape index (κ1) is 19.9. The van der Waals surface area contributed by atoms with Gasteiger partial charge in [0.05, 0.1) is 17.6 Å². The maximum atomic E-state index is 14.3. The molecule has 1 aliphatic heterocycles. The van der Waals surface area contributed by atoms with Crippen molar-refractivity contribution >= 4 is 35.5 Å². The van der Waals surface area contributed by atoms with Crippen molar-refractivity contribution in [3.8, 4) is 5.75 Å². The number of nitrogens with one attached hydrogen (secondary N) is 4. The lowest BCUT2D eigenvalue weighted by molar-refractivity contribution is -0.118. The van der Waals surface area contributed by atoms with Gasteiger partial charge < -0.3 is 20.3 Å². The van der Waals surface area contributed by atoms with Gasteiger partial charge in [0.2, 0.25) is 0 Å². The predicted octanol–water partition coefficient (Wildman–Crippen LogP) is 2.45. The third-order valence-electron chi connectivity index (χ3n) is 4.13. The second kappa shape index (κ2) is 8.05. The van der Waals surface area contributed by atoms with Crippen LogP contribution in [0.5, 0.6) is 5.75 Å². The van der Waals surface area contributed by atoms with E-state index in [1.807, 2.05) is 13.8 Å². The van der Waals surface area contributed by atoms with E-state index in [4.69, 9.17) is 15.6 Å². The lowest BCUT2D eigenvalue weighted by Crippen LogP contribution is -2.36. The van der Waals surface area contributed by atoms with E-state index in [2.05, 4.69) is 15.6 Å². The van der Waals surface area contributed by atoms with Gasteiger partial charge in [0, 0.05) is 12.1 Å². The Labute approximate surface area is 165 Å². The summed E-state index contributed by atoms with van der Waals surface area (Å²) in [4.78, 5) is 29.6. The number of aromatic nitrogens is 1. The van der Waals surface area contributed by atoms with Gasteiger partial charge in [0.15, 0.2) is 12.4 Å². The molecule has 3 rings (SSSR count). The normalized spacial score (nSPS) is 12.5. The van der Waals surface area contributed by atoms with E-state index in [1.54, 1.807) is 12.1 Å². The molecular formula is C19H19FN6O3. The minimum atomic E-state index is -0.809. The summed E-state index contributed by atoms with van der Waals surface area (Å²) in [5.41, 5.74) is 0.154. The lowest BCUT2D eigenvalue weighted by Gasteiger charge is -2.23. The fraction of sp³-hybridized carbons (Fsp3) is 0.211. The predicted molar refractivity (Wildman–Crippen MR) is 105 cm³/mol. The first-order valence-electron chi connectivity index (χ1n) is 8.72. The Balaban J connectivity index is 1.83. The van der Waals surface area contributed by atoms with Crippen LogP contribution in [-0.2, 0) is 4.79 Å². The monoisotopic (exact) mass is 398 g/mol. The average molecular weight is 398 g/mol. The largest absolute Gasteiger partial charge is 0.481 e. The summed E-state index contributed by atoms with van der Waals surface area (Å²) in [5.74, 6) is -1.73. The maximum Gasteiger partial charge on any atom is 0.262 e. The number of rotatable bonds is 5. The molecule has 0 unspecified atom stereocenters. The number of nitrogens with zero attached hydrogens (tertiary/aromatic N) is 2. The summed E-state index contributed by atoms with van der Waals surface area (Å²) >= 11 is 0. The number of halogens is 1. The molecule has 10 heteroatoms. The van der Waals surface area contributed by atoms with E-state index in [1.165, 1.54) is 17.0 Å².